The van der Waals surface area contributed by atoms with Crippen molar-refractivity contribution in [3.63, 3.8) is 0 Å². The van der Waals surface area contributed by atoms with Crippen molar-refractivity contribution in [3.05, 3.63) is 47.8 Å². The first-order valence-electron chi connectivity index (χ1n) is 8.42. The number of benzene rings is 2. The highest BCUT2D eigenvalue weighted by molar-refractivity contribution is 7.89. The molecule has 1 aromatic heterocycles. The molecule has 3 rings (SSSR count). The molecule has 0 spiro atoms. The summed E-state index contributed by atoms with van der Waals surface area (Å²) in [4.78, 5) is 0.0529. The van der Waals surface area contributed by atoms with E-state index in [9.17, 15) is 21.6 Å². The van der Waals surface area contributed by atoms with E-state index in [1.165, 1.54) is 22.9 Å². The van der Waals surface area contributed by atoms with E-state index >= 15 is 0 Å². The van der Waals surface area contributed by atoms with E-state index in [0.29, 0.717) is 10.9 Å². The number of aromatic nitrogens is 2. The number of fused-ring (bicyclic) bond motifs is 1. The summed E-state index contributed by atoms with van der Waals surface area (Å²) in [5.41, 5.74) is 0.127. The van der Waals surface area contributed by atoms with Crippen LogP contribution in [-0.2, 0) is 17.1 Å². The Morgan fingerprint density at radius 2 is 1.82 bits per heavy atom. The van der Waals surface area contributed by atoms with Gasteiger partial charge in [-0.2, -0.15) is 5.10 Å². The van der Waals surface area contributed by atoms with E-state index in [1.54, 1.807) is 27.0 Å². The minimum absolute atomic E-state index is 0.0529. The molecule has 0 atom stereocenters. The molecule has 0 aliphatic carbocycles. The van der Waals surface area contributed by atoms with Crippen molar-refractivity contribution in [1.29, 1.82) is 0 Å². The SMILES string of the molecule is CC(C)NS(=O)(=O)c1ccc2c(c1)c(Nc1ccc(F)c(C(F)F)c1)nn2C. The fourth-order valence-corrected chi connectivity index (χ4v) is 4.08. The Morgan fingerprint density at radius 1 is 1.11 bits per heavy atom. The summed E-state index contributed by atoms with van der Waals surface area (Å²) >= 11 is 0. The Bertz CT molecular complexity index is 1130. The number of anilines is 2. The van der Waals surface area contributed by atoms with Crippen LogP contribution in [0.15, 0.2) is 41.3 Å². The summed E-state index contributed by atoms with van der Waals surface area (Å²) in [5.74, 6) is -0.731. The van der Waals surface area contributed by atoms with Gasteiger partial charge in [-0.3, -0.25) is 4.68 Å². The van der Waals surface area contributed by atoms with Crippen molar-refractivity contribution in [3.8, 4) is 0 Å². The molecule has 10 heteroatoms. The highest BCUT2D eigenvalue weighted by atomic mass is 32.2. The number of halogens is 3. The standard InChI is InChI=1S/C18H19F3N4O2S/c1-10(2)24-28(26,27)12-5-7-16-14(9-12)18(23-25(16)3)22-11-4-6-15(19)13(8-11)17(20)21/h4-10,17,24H,1-3H3,(H,22,23). The van der Waals surface area contributed by atoms with E-state index < -0.39 is 27.8 Å². The molecule has 0 amide bonds. The Kier molecular flexibility index (Phi) is 5.35. The van der Waals surface area contributed by atoms with Crippen molar-refractivity contribution in [2.45, 2.75) is 31.2 Å². The smallest absolute Gasteiger partial charge is 0.266 e. The van der Waals surface area contributed by atoms with Crippen molar-refractivity contribution in [1.82, 2.24) is 14.5 Å². The van der Waals surface area contributed by atoms with Gasteiger partial charge in [-0.1, -0.05) is 0 Å². The molecule has 0 saturated carbocycles. The maximum Gasteiger partial charge on any atom is 0.266 e. The Hall–Kier alpha value is -2.59. The van der Waals surface area contributed by atoms with Gasteiger partial charge in [0.2, 0.25) is 10.0 Å². The molecule has 0 aliphatic rings. The second-order valence-corrected chi connectivity index (χ2v) is 8.30. The maximum atomic E-state index is 13.5. The fourth-order valence-electron chi connectivity index (χ4n) is 2.81. The van der Waals surface area contributed by atoms with Gasteiger partial charge in [-0.15, -0.1) is 0 Å². The summed E-state index contributed by atoms with van der Waals surface area (Å²) in [7, 11) is -2.05. The summed E-state index contributed by atoms with van der Waals surface area (Å²) in [5, 5.41) is 7.62. The van der Waals surface area contributed by atoms with Crippen LogP contribution in [0.4, 0.5) is 24.7 Å². The normalized spacial score (nSPS) is 12.3. The van der Waals surface area contributed by atoms with Crippen LogP contribution >= 0.6 is 0 Å². The van der Waals surface area contributed by atoms with E-state index in [1.807, 2.05) is 0 Å². The lowest BCUT2D eigenvalue weighted by Gasteiger charge is -2.10. The molecular weight excluding hydrogens is 393 g/mol. The van der Waals surface area contributed by atoms with Crippen LogP contribution in [0.3, 0.4) is 0 Å². The zero-order valence-corrected chi connectivity index (χ0v) is 16.2. The first-order valence-corrected chi connectivity index (χ1v) is 9.90. The minimum atomic E-state index is -3.72. The Morgan fingerprint density at radius 3 is 2.46 bits per heavy atom. The van der Waals surface area contributed by atoms with Gasteiger partial charge < -0.3 is 5.32 Å². The van der Waals surface area contributed by atoms with Crippen molar-refractivity contribution < 1.29 is 21.6 Å². The fraction of sp³-hybridized carbons (Fsp3) is 0.278. The summed E-state index contributed by atoms with van der Waals surface area (Å²) < 4.78 is 68.3. The number of aryl methyl sites for hydroxylation is 1. The highest BCUT2D eigenvalue weighted by Crippen LogP contribution is 2.30. The third-order valence-electron chi connectivity index (χ3n) is 4.02. The quantitative estimate of drug-likeness (QED) is 0.640. The summed E-state index contributed by atoms with van der Waals surface area (Å²) in [6.45, 7) is 3.42. The molecule has 6 nitrogen and oxygen atoms in total. The first-order chi connectivity index (χ1) is 13.1. The van der Waals surface area contributed by atoms with Crippen molar-refractivity contribution in [2.75, 3.05) is 5.32 Å². The van der Waals surface area contributed by atoms with E-state index in [4.69, 9.17) is 0 Å². The lowest BCUT2D eigenvalue weighted by molar-refractivity contribution is 0.146. The minimum Gasteiger partial charge on any atom is -0.338 e. The number of nitrogens with zero attached hydrogens (tertiary/aromatic N) is 2. The molecule has 0 radical (unpaired) electrons. The van der Waals surface area contributed by atoms with Gasteiger partial charge in [-0.25, -0.2) is 26.3 Å². The Balaban J connectivity index is 2.05. The molecular formula is C18H19F3N4O2S. The van der Waals surface area contributed by atoms with Crippen LogP contribution in [0.2, 0.25) is 0 Å². The number of hydrogen-bond donors (Lipinski definition) is 2. The van der Waals surface area contributed by atoms with Gasteiger partial charge in [0.05, 0.1) is 16.0 Å². The number of alkyl halides is 2. The van der Waals surface area contributed by atoms with Crippen LogP contribution in [0.5, 0.6) is 0 Å². The number of rotatable bonds is 6. The monoisotopic (exact) mass is 412 g/mol. The third-order valence-corrected chi connectivity index (χ3v) is 5.67. The van der Waals surface area contributed by atoms with Crippen LogP contribution in [0.25, 0.3) is 10.9 Å². The molecule has 0 saturated heterocycles. The Labute approximate surface area is 160 Å². The van der Waals surface area contributed by atoms with Gasteiger partial charge in [0.15, 0.2) is 5.82 Å². The van der Waals surface area contributed by atoms with Crippen molar-refractivity contribution in [2.24, 2.45) is 7.05 Å². The lowest BCUT2D eigenvalue weighted by atomic mass is 10.2. The molecule has 0 unspecified atom stereocenters. The van der Waals surface area contributed by atoms with Crippen LogP contribution in [0, 0.1) is 5.82 Å². The van der Waals surface area contributed by atoms with Gasteiger partial charge in [0.25, 0.3) is 6.43 Å². The number of sulfonamides is 1. The molecule has 0 fully saturated rings. The van der Waals surface area contributed by atoms with E-state index in [2.05, 4.69) is 15.1 Å². The van der Waals surface area contributed by atoms with E-state index in [-0.39, 0.29) is 22.4 Å². The summed E-state index contributed by atoms with van der Waals surface area (Å²) in [6.07, 6.45) is -2.96. The topological polar surface area (TPSA) is 76.0 Å². The van der Waals surface area contributed by atoms with Crippen LogP contribution in [0.1, 0.15) is 25.8 Å². The zero-order chi connectivity index (χ0) is 20.6. The largest absolute Gasteiger partial charge is 0.338 e. The predicted molar refractivity (Wildman–Crippen MR) is 101 cm³/mol. The zero-order valence-electron chi connectivity index (χ0n) is 15.4. The average molecular weight is 412 g/mol. The second kappa shape index (κ2) is 7.44. The molecule has 28 heavy (non-hydrogen) atoms. The molecule has 0 bridgehead atoms. The van der Waals surface area contributed by atoms with Gasteiger partial charge in [0.1, 0.15) is 5.82 Å². The van der Waals surface area contributed by atoms with Gasteiger partial charge in [-0.05, 0) is 50.2 Å². The molecule has 2 aromatic carbocycles. The van der Waals surface area contributed by atoms with Crippen LogP contribution < -0.4 is 10.0 Å². The van der Waals surface area contributed by atoms with Crippen LogP contribution in [-0.4, -0.2) is 24.2 Å². The number of nitrogens with one attached hydrogen (secondary N) is 2. The predicted octanol–water partition coefficient (Wildman–Crippen LogP) is 4.08. The molecule has 3 aromatic rings. The first kappa shape index (κ1) is 20.2. The highest BCUT2D eigenvalue weighted by Gasteiger charge is 2.19. The van der Waals surface area contributed by atoms with Gasteiger partial charge in [0, 0.05) is 24.2 Å². The summed E-state index contributed by atoms with van der Waals surface area (Å²) in [6, 6.07) is 7.50. The van der Waals surface area contributed by atoms with E-state index in [0.717, 1.165) is 12.1 Å². The molecule has 2 N–H and O–H groups in total. The second-order valence-electron chi connectivity index (χ2n) is 6.59. The molecule has 0 aliphatic heterocycles. The number of hydrogen-bond acceptors (Lipinski definition) is 4. The molecule has 150 valence electrons. The molecule has 1 heterocycles. The third kappa shape index (κ3) is 3.97. The van der Waals surface area contributed by atoms with Crippen molar-refractivity contribution >= 4 is 32.4 Å². The average Bonchev–Trinajstić information content (AvgIpc) is 2.90. The lowest BCUT2D eigenvalue weighted by Crippen LogP contribution is -2.30. The maximum absolute atomic E-state index is 13.5. The van der Waals surface area contributed by atoms with Gasteiger partial charge >= 0.3 is 0 Å².